The molecule has 0 atom stereocenters. The van der Waals surface area contributed by atoms with E-state index in [1.54, 1.807) is 12.1 Å². The van der Waals surface area contributed by atoms with Crippen molar-refractivity contribution in [1.82, 2.24) is 15.3 Å². The summed E-state index contributed by atoms with van der Waals surface area (Å²) in [6.07, 6.45) is 1.63. The van der Waals surface area contributed by atoms with Crippen molar-refractivity contribution >= 4 is 17.5 Å². The first-order chi connectivity index (χ1) is 10.5. The van der Waals surface area contributed by atoms with E-state index < -0.39 is 0 Å². The molecule has 0 fully saturated rings. The van der Waals surface area contributed by atoms with Crippen molar-refractivity contribution in [2.24, 2.45) is 0 Å². The molecule has 0 aliphatic heterocycles. The van der Waals surface area contributed by atoms with Crippen LogP contribution in [0.1, 0.15) is 27.3 Å². The van der Waals surface area contributed by atoms with E-state index in [0.29, 0.717) is 18.2 Å². The van der Waals surface area contributed by atoms with E-state index >= 15 is 0 Å². The summed E-state index contributed by atoms with van der Waals surface area (Å²) in [6, 6.07) is 7.68. The molecule has 0 spiro atoms. The smallest absolute Gasteiger partial charge is 0.270 e. The van der Waals surface area contributed by atoms with Crippen molar-refractivity contribution in [3.05, 3.63) is 59.4 Å². The molecule has 1 amide bonds. The summed E-state index contributed by atoms with van der Waals surface area (Å²) in [5, 5.41) is 5.85. The molecule has 22 heavy (non-hydrogen) atoms. The van der Waals surface area contributed by atoms with Gasteiger partial charge in [-0.15, -0.1) is 6.58 Å². The second kappa shape index (κ2) is 6.85. The van der Waals surface area contributed by atoms with Crippen LogP contribution < -0.4 is 10.6 Å². The maximum atomic E-state index is 12.0. The standard InChI is InChI=1S/C17H20N4O/c1-5-8-18-16(22)15-10-13(4)19-17(21-15)20-14-7-6-11(2)12(3)9-14/h5-7,9-10H,1,8H2,2-4H3,(H,18,22)(H,19,20,21). The van der Waals surface area contributed by atoms with Gasteiger partial charge in [-0.3, -0.25) is 4.79 Å². The Morgan fingerprint density at radius 3 is 2.64 bits per heavy atom. The van der Waals surface area contributed by atoms with E-state index in [1.807, 2.05) is 32.0 Å². The molecule has 2 aromatic rings. The molecule has 1 aromatic carbocycles. The summed E-state index contributed by atoms with van der Waals surface area (Å²) in [7, 11) is 0. The molecular formula is C17H20N4O. The Kier molecular flexibility index (Phi) is 4.88. The molecule has 5 nitrogen and oxygen atoms in total. The van der Waals surface area contributed by atoms with E-state index in [0.717, 1.165) is 11.4 Å². The van der Waals surface area contributed by atoms with E-state index in [-0.39, 0.29) is 5.91 Å². The molecule has 0 aliphatic carbocycles. The Labute approximate surface area is 130 Å². The summed E-state index contributed by atoms with van der Waals surface area (Å²) < 4.78 is 0. The maximum absolute atomic E-state index is 12.0. The van der Waals surface area contributed by atoms with Gasteiger partial charge in [-0.25, -0.2) is 9.97 Å². The Morgan fingerprint density at radius 1 is 1.18 bits per heavy atom. The third kappa shape index (κ3) is 3.91. The molecular weight excluding hydrogens is 276 g/mol. The number of aromatic nitrogens is 2. The van der Waals surface area contributed by atoms with Crippen LogP contribution in [0.2, 0.25) is 0 Å². The van der Waals surface area contributed by atoms with Crippen molar-refractivity contribution in [3.8, 4) is 0 Å². The lowest BCUT2D eigenvalue weighted by Gasteiger charge is -2.09. The molecule has 0 bridgehead atoms. The van der Waals surface area contributed by atoms with Gasteiger partial charge < -0.3 is 10.6 Å². The maximum Gasteiger partial charge on any atom is 0.270 e. The monoisotopic (exact) mass is 296 g/mol. The highest BCUT2D eigenvalue weighted by Crippen LogP contribution is 2.17. The highest BCUT2D eigenvalue weighted by molar-refractivity contribution is 5.92. The summed E-state index contributed by atoms with van der Waals surface area (Å²) in [6.45, 7) is 9.92. The summed E-state index contributed by atoms with van der Waals surface area (Å²) in [4.78, 5) is 20.6. The van der Waals surface area contributed by atoms with Crippen LogP contribution in [0.15, 0.2) is 36.9 Å². The predicted octanol–water partition coefficient (Wildman–Crippen LogP) is 3.06. The van der Waals surface area contributed by atoms with Crippen molar-refractivity contribution < 1.29 is 4.79 Å². The zero-order valence-electron chi connectivity index (χ0n) is 13.1. The molecule has 2 rings (SSSR count). The van der Waals surface area contributed by atoms with Gasteiger partial charge in [0.2, 0.25) is 5.95 Å². The number of nitrogens with zero attached hydrogens (tertiary/aromatic N) is 2. The van der Waals surface area contributed by atoms with Gasteiger partial charge in [0.1, 0.15) is 5.69 Å². The normalized spacial score (nSPS) is 10.1. The summed E-state index contributed by atoms with van der Waals surface area (Å²) >= 11 is 0. The Bertz CT molecular complexity index is 710. The van der Waals surface area contributed by atoms with Crippen LogP contribution in [0.5, 0.6) is 0 Å². The second-order valence-electron chi connectivity index (χ2n) is 5.14. The molecule has 0 saturated carbocycles. The molecule has 5 heteroatoms. The van der Waals surface area contributed by atoms with Gasteiger partial charge >= 0.3 is 0 Å². The second-order valence-corrected chi connectivity index (χ2v) is 5.14. The lowest BCUT2D eigenvalue weighted by molar-refractivity contribution is 0.0953. The molecule has 2 N–H and O–H groups in total. The van der Waals surface area contributed by atoms with Crippen LogP contribution in [0, 0.1) is 20.8 Å². The minimum absolute atomic E-state index is 0.242. The lowest BCUT2D eigenvalue weighted by Crippen LogP contribution is -2.24. The van der Waals surface area contributed by atoms with Crippen molar-refractivity contribution in [2.45, 2.75) is 20.8 Å². The zero-order valence-corrected chi connectivity index (χ0v) is 13.1. The molecule has 0 saturated heterocycles. The van der Waals surface area contributed by atoms with Crippen LogP contribution >= 0.6 is 0 Å². The molecule has 0 radical (unpaired) electrons. The molecule has 114 valence electrons. The van der Waals surface area contributed by atoms with E-state index in [1.165, 1.54) is 11.1 Å². The number of carbonyl (C=O) groups excluding carboxylic acids is 1. The highest BCUT2D eigenvalue weighted by atomic mass is 16.1. The van der Waals surface area contributed by atoms with Crippen LogP contribution in [0.25, 0.3) is 0 Å². The fraction of sp³-hybridized carbons (Fsp3) is 0.235. The number of anilines is 2. The van der Waals surface area contributed by atoms with Gasteiger partial charge in [0.25, 0.3) is 5.91 Å². The Hall–Kier alpha value is -2.69. The number of hydrogen-bond donors (Lipinski definition) is 2. The van der Waals surface area contributed by atoms with Gasteiger partial charge in [0.15, 0.2) is 0 Å². The third-order valence-corrected chi connectivity index (χ3v) is 3.26. The first-order valence-corrected chi connectivity index (χ1v) is 7.08. The number of hydrogen-bond acceptors (Lipinski definition) is 4. The van der Waals surface area contributed by atoms with Crippen LogP contribution in [0.4, 0.5) is 11.6 Å². The first kappa shape index (κ1) is 15.7. The van der Waals surface area contributed by atoms with Crippen molar-refractivity contribution in [2.75, 3.05) is 11.9 Å². The van der Waals surface area contributed by atoms with Crippen LogP contribution in [-0.4, -0.2) is 22.4 Å². The zero-order chi connectivity index (χ0) is 16.1. The lowest BCUT2D eigenvalue weighted by atomic mass is 10.1. The minimum Gasteiger partial charge on any atom is -0.347 e. The number of carbonyl (C=O) groups is 1. The number of benzene rings is 1. The van der Waals surface area contributed by atoms with Crippen LogP contribution in [0.3, 0.4) is 0 Å². The third-order valence-electron chi connectivity index (χ3n) is 3.26. The first-order valence-electron chi connectivity index (χ1n) is 7.08. The number of nitrogens with one attached hydrogen (secondary N) is 2. The largest absolute Gasteiger partial charge is 0.347 e. The Balaban J connectivity index is 2.23. The highest BCUT2D eigenvalue weighted by Gasteiger charge is 2.10. The van der Waals surface area contributed by atoms with Gasteiger partial charge in [0.05, 0.1) is 0 Å². The summed E-state index contributed by atoms with van der Waals surface area (Å²) in [5.74, 6) is 0.167. The molecule has 1 aromatic heterocycles. The van der Waals surface area contributed by atoms with E-state index in [4.69, 9.17) is 0 Å². The average molecular weight is 296 g/mol. The van der Waals surface area contributed by atoms with Crippen molar-refractivity contribution in [3.63, 3.8) is 0 Å². The van der Waals surface area contributed by atoms with E-state index in [2.05, 4.69) is 34.1 Å². The topological polar surface area (TPSA) is 66.9 Å². The predicted molar refractivity (Wildman–Crippen MR) is 88.5 cm³/mol. The molecule has 0 aliphatic rings. The quantitative estimate of drug-likeness (QED) is 0.832. The molecule has 0 unspecified atom stereocenters. The molecule has 1 heterocycles. The number of amides is 1. The van der Waals surface area contributed by atoms with E-state index in [9.17, 15) is 4.79 Å². The van der Waals surface area contributed by atoms with Gasteiger partial charge in [-0.1, -0.05) is 12.1 Å². The van der Waals surface area contributed by atoms with Crippen LogP contribution in [-0.2, 0) is 0 Å². The van der Waals surface area contributed by atoms with Gasteiger partial charge in [0, 0.05) is 17.9 Å². The van der Waals surface area contributed by atoms with Crippen molar-refractivity contribution in [1.29, 1.82) is 0 Å². The average Bonchev–Trinajstić information content (AvgIpc) is 2.48. The van der Waals surface area contributed by atoms with Gasteiger partial charge in [-0.2, -0.15) is 0 Å². The number of aryl methyl sites for hydroxylation is 3. The minimum atomic E-state index is -0.242. The fourth-order valence-corrected chi connectivity index (χ4v) is 1.94. The fourth-order valence-electron chi connectivity index (χ4n) is 1.94. The van der Waals surface area contributed by atoms with Gasteiger partial charge in [-0.05, 0) is 50.1 Å². The Morgan fingerprint density at radius 2 is 1.95 bits per heavy atom. The number of rotatable bonds is 5. The summed E-state index contributed by atoms with van der Waals surface area (Å²) in [5.41, 5.74) is 4.36. The SMILES string of the molecule is C=CCNC(=O)c1cc(C)nc(Nc2ccc(C)c(C)c2)n1.